The summed E-state index contributed by atoms with van der Waals surface area (Å²) in [4.78, 5) is 9.05. The van der Waals surface area contributed by atoms with E-state index in [1.165, 1.54) is 23.1 Å². The van der Waals surface area contributed by atoms with Gasteiger partial charge in [0.05, 0.1) is 11.4 Å². The van der Waals surface area contributed by atoms with Crippen LogP contribution >= 0.6 is 11.8 Å². The second kappa shape index (κ2) is 6.13. The molecule has 4 rings (SSSR count). The van der Waals surface area contributed by atoms with E-state index in [0.29, 0.717) is 0 Å². The largest absolute Gasteiger partial charge is 0.302 e. The van der Waals surface area contributed by atoms with Gasteiger partial charge in [0.25, 0.3) is 0 Å². The van der Waals surface area contributed by atoms with Gasteiger partial charge >= 0.3 is 0 Å². The van der Waals surface area contributed by atoms with Crippen LogP contribution in [0.15, 0.2) is 54.1 Å². The summed E-state index contributed by atoms with van der Waals surface area (Å²) in [6.45, 7) is 4.19. The van der Waals surface area contributed by atoms with E-state index in [4.69, 9.17) is 4.98 Å². The van der Waals surface area contributed by atoms with E-state index in [9.17, 15) is 0 Å². The van der Waals surface area contributed by atoms with Gasteiger partial charge in [-0.25, -0.2) is 9.97 Å². The number of thioether (sulfide) groups is 1. The van der Waals surface area contributed by atoms with Gasteiger partial charge in [-0.1, -0.05) is 47.7 Å². The first-order valence-corrected chi connectivity index (χ1v) is 8.72. The lowest BCUT2D eigenvalue weighted by molar-refractivity contribution is 0.969. The summed E-state index contributed by atoms with van der Waals surface area (Å²) in [6, 6.07) is 12.7. The highest BCUT2D eigenvalue weighted by molar-refractivity contribution is 7.98. The molecule has 0 bridgehead atoms. The number of rotatable bonds is 4. The molecule has 4 aromatic rings. The predicted molar refractivity (Wildman–Crippen MR) is 96.0 cm³/mol. The summed E-state index contributed by atoms with van der Waals surface area (Å²) in [6.07, 6.45) is 3.66. The number of nitrogens with zero attached hydrogens (tertiary/aromatic N) is 4. The molecular formula is C18H17N5S. The van der Waals surface area contributed by atoms with Gasteiger partial charge in [-0.3, -0.25) is 5.10 Å². The van der Waals surface area contributed by atoms with Gasteiger partial charge in [0.1, 0.15) is 12.0 Å². The van der Waals surface area contributed by atoms with Gasteiger partial charge in [-0.2, -0.15) is 5.10 Å². The molecule has 24 heavy (non-hydrogen) atoms. The first-order valence-electron chi connectivity index (χ1n) is 7.73. The van der Waals surface area contributed by atoms with Crippen LogP contribution in [0.1, 0.15) is 16.8 Å². The number of aryl methyl sites for hydroxylation is 2. The van der Waals surface area contributed by atoms with Crippen molar-refractivity contribution in [2.24, 2.45) is 0 Å². The Kier molecular flexibility index (Phi) is 3.82. The standard InChI is InChI=1S/C18H17N5S/c1-12-3-6-14(7-4-12)17-15(10-24-18-19-11-20-22-18)23-9-13(2)5-8-16(23)21-17/h3-9,11H,10H2,1-2H3,(H,19,20,22). The molecule has 1 N–H and O–H groups in total. The molecule has 0 fully saturated rings. The first-order chi connectivity index (χ1) is 11.7. The van der Waals surface area contributed by atoms with Crippen LogP contribution in [0.4, 0.5) is 0 Å². The molecule has 0 spiro atoms. The van der Waals surface area contributed by atoms with Gasteiger partial charge in [-0.15, -0.1) is 0 Å². The fraction of sp³-hybridized carbons (Fsp3) is 0.167. The van der Waals surface area contributed by atoms with Crippen LogP contribution in [-0.2, 0) is 5.75 Å². The molecule has 3 heterocycles. The van der Waals surface area contributed by atoms with Gasteiger partial charge in [-0.05, 0) is 25.5 Å². The van der Waals surface area contributed by atoms with Crippen molar-refractivity contribution in [3.05, 3.63) is 65.7 Å². The Morgan fingerprint density at radius 2 is 1.83 bits per heavy atom. The van der Waals surface area contributed by atoms with E-state index in [0.717, 1.165) is 27.8 Å². The molecule has 0 aliphatic heterocycles. The van der Waals surface area contributed by atoms with Crippen molar-refractivity contribution >= 4 is 17.4 Å². The maximum atomic E-state index is 4.86. The van der Waals surface area contributed by atoms with Crippen molar-refractivity contribution in [2.45, 2.75) is 24.8 Å². The number of H-pyrrole nitrogens is 1. The molecule has 0 radical (unpaired) electrons. The average Bonchev–Trinajstić information content (AvgIpc) is 3.21. The van der Waals surface area contributed by atoms with E-state index in [1.54, 1.807) is 11.8 Å². The van der Waals surface area contributed by atoms with Crippen LogP contribution in [0.3, 0.4) is 0 Å². The van der Waals surface area contributed by atoms with Crippen molar-refractivity contribution in [1.82, 2.24) is 24.6 Å². The number of aromatic nitrogens is 5. The zero-order valence-electron chi connectivity index (χ0n) is 13.5. The Morgan fingerprint density at radius 1 is 1.04 bits per heavy atom. The summed E-state index contributed by atoms with van der Waals surface area (Å²) in [7, 11) is 0. The lowest BCUT2D eigenvalue weighted by Gasteiger charge is -2.05. The summed E-state index contributed by atoms with van der Waals surface area (Å²) in [5, 5.41) is 7.62. The third-order valence-electron chi connectivity index (χ3n) is 3.93. The number of benzene rings is 1. The molecule has 3 aromatic heterocycles. The van der Waals surface area contributed by atoms with E-state index in [2.05, 4.69) is 76.0 Å². The van der Waals surface area contributed by atoms with E-state index in [-0.39, 0.29) is 0 Å². The monoisotopic (exact) mass is 335 g/mol. The lowest BCUT2D eigenvalue weighted by atomic mass is 10.1. The molecule has 6 heteroatoms. The smallest absolute Gasteiger partial charge is 0.183 e. The predicted octanol–water partition coefficient (Wildman–Crippen LogP) is 4.03. The van der Waals surface area contributed by atoms with Gasteiger partial charge in [0.15, 0.2) is 5.16 Å². The summed E-state index contributed by atoms with van der Waals surface area (Å²) < 4.78 is 2.17. The van der Waals surface area contributed by atoms with Crippen LogP contribution in [-0.4, -0.2) is 24.6 Å². The maximum absolute atomic E-state index is 4.86. The van der Waals surface area contributed by atoms with Gasteiger partial charge < -0.3 is 4.40 Å². The van der Waals surface area contributed by atoms with Crippen LogP contribution < -0.4 is 0 Å². The normalized spacial score (nSPS) is 11.2. The highest BCUT2D eigenvalue weighted by Gasteiger charge is 2.15. The second-order valence-electron chi connectivity index (χ2n) is 5.79. The Balaban J connectivity index is 1.81. The molecule has 0 amide bonds. The van der Waals surface area contributed by atoms with Crippen LogP contribution in [0.5, 0.6) is 0 Å². The molecule has 0 saturated heterocycles. The topological polar surface area (TPSA) is 58.9 Å². The molecule has 0 saturated carbocycles. The highest BCUT2D eigenvalue weighted by atomic mass is 32.2. The lowest BCUT2D eigenvalue weighted by Crippen LogP contribution is -1.94. The summed E-state index contributed by atoms with van der Waals surface area (Å²) in [5.74, 6) is 0.767. The number of aromatic amines is 1. The first kappa shape index (κ1) is 15.0. The zero-order chi connectivity index (χ0) is 16.5. The second-order valence-corrected chi connectivity index (χ2v) is 6.75. The third-order valence-corrected chi connectivity index (χ3v) is 4.82. The molecule has 0 unspecified atom stereocenters. The number of pyridine rings is 1. The van der Waals surface area contributed by atoms with Crippen molar-refractivity contribution in [2.75, 3.05) is 0 Å². The zero-order valence-corrected chi connectivity index (χ0v) is 14.3. The van der Waals surface area contributed by atoms with Crippen molar-refractivity contribution in [3.8, 4) is 11.3 Å². The Morgan fingerprint density at radius 3 is 2.58 bits per heavy atom. The quantitative estimate of drug-likeness (QED) is 0.572. The Labute approximate surface area is 144 Å². The van der Waals surface area contributed by atoms with Gasteiger partial charge in [0, 0.05) is 17.5 Å². The molecule has 0 aliphatic carbocycles. The van der Waals surface area contributed by atoms with Crippen LogP contribution in [0, 0.1) is 13.8 Å². The third kappa shape index (κ3) is 2.80. The fourth-order valence-electron chi connectivity index (χ4n) is 2.68. The van der Waals surface area contributed by atoms with Crippen LogP contribution in [0.2, 0.25) is 0 Å². The minimum Gasteiger partial charge on any atom is -0.302 e. The Hall–Kier alpha value is -2.60. The molecular weight excluding hydrogens is 318 g/mol. The van der Waals surface area contributed by atoms with E-state index < -0.39 is 0 Å². The highest BCUT2D eigenvalue weighted by Crippen LogP contribution is 2.29. The van der Waals surface area contributed by atoms with Gasteiger partial charge in [0.2, 0.25) is 0 Å². The Bertz CT molecular complexity index is 971. The summed E-state index contributed by atoms with van der Waals surface area (Å²) in [5.41, 5.74) is 6.74. The van der Waals surface area contributed by atoms with Crippen molar-refractivity contribution in [3.63, 3.8) is 0 Å². The molecule has 120 valence electrons. The maximum Gasteiger partial charge on any atom is 0.183 e. The van der Waals surface area contributed by atoms with Crippen LogP contribution in [0.25, 0.3) is 16.9 Å². The fourth-order valence-corrected chi connectivity index (χ4v) is 3.47. The average molecular weight is 335 g/mol. The molecule has 0 atom stereocenters. The van der Waals surface area contributed by atoms with E-state index in [1.807, 2.05) is 0 Å². The van der Waals surface area contributed by atoms with Crippen molar-refractivity contribution < 1.29 is 0 Å². The minimum atomic E-state index is 0.767. The number of fused-ring (bicyclic) bond motifs is 1. The number of hydrogen-bond acceptors (Lipinski definition) is 4. The SMILES string of the molecule is Cc1ccc(-c2nc3ccc(C)cn3c2CSc2ncn[nH]2)cc1. The number of nitrogens with one attached hydrogen (secondary N) is 1. The number of hydrogen-bond donors (Lipinski definition) is 1. The summed E-state index contributed by atoms with van der Waals surface area (Å²) >= 11 is 1.63. The van der Waals surface area contributed by atoms with E-state index >= 15 is 0 Å². The van der Waals surface area contributed by atoms with Crippen molar-refractivity contribution in [1.29, 1.82) is 0 Å². The molecule has 0 aliphatic rings. The number of imidazole rings is 1. The molecule has 5 nitrogen and oxygen atoms in total. The minimum absolute atomic E-state index is 0.767. The molecule has 1 aromatic carbocycles.